The Balaban J connectivity index is 1.70. The maximum atomic E-state index is 13.3. The van der Waals surface area contributed by atoms with Crippen molar-refractivity contribution < 1.29 is 62.9 Å². The number of hydrogen-bond donors (Lipinski definition) is 3. The van der Waals surface area contributed by atoms with Crippen molar-refractivity contribution in [1.29, 1.82) is 0 Å². The monoisotopic (exact) mass is 738 g/mol. The largest absolute Gasteiger partial charge is 0.466 e. The topological polar surface area (TPSA) is 177 Å². The molecule has 3 saturated heterocycles. The SMILES string of the molecule is CCCCCCCC(=O)O[C@H]1/C(=C/C(=O)OC)C[C@H]2C[C@H]([C@@H](C)O)OC(=O)C[C@H](O)C[C@@H]3CCC[C@H](C[C@@H]4CCO[C@H](/C=C\C(C)(C)[C@]1(O)O2)O4)O3. The molecule has 13 heteroatoms. The minimum absolute atomic E-state index is 0.00818. The van der Waals surface area contributed by atoms with E-state index in [1.165, 1.54) is 20.1 Å². The van der Waals surface area contributed by atoms with E-state index in [2.05, 4.69) is 6.92 Å². The van der Waals surface area contributed by atoms with Crippen molar-refractivity contribution in [3.05, 3.63) is 23.8 Å². The summed E-state index contributed by atoms with van der Waals surface area (Å²) < 4.78 is 41.7. The van der Waals surface area contributed by atoms with Crippen LogP contribution in [0.4, 0.5) is 0 Å². The van der Waals surface area contributed by atoms with Gasteiger partial charge in [-0.15, -0.1) is 0 Å². The van der Waals surface area contributed by atoms with Crippen molar-refractivity contribution in [2.45, 2.75) is 185 Å². The Bertz CT molecular complexity index is 1230. The quantitative estimate of drug-likeness (QED) is 0.0976. The summed E-state index contributed by atoms with van der Waals surface area (Å²) in [6.07, 6.45) is 6.24. The number of unbranched alkanes of at least 4 members (excludes halogenated alkanes) is 4. The summed E-state index contributed by atoms with van der Waals surface area (Å²) in [6, 6.07) is 0. The van der Waals surface area contributed by atoms with Crippen LogP contribution in [0.2, 0.25) is 0 Å². The summed E-state index contributed by atoms with van der Waals surface area (Å²) in [7, 11) is 1.22. The molecule has 4 rings (SSSR count). The second kappa shape index (κ2) is 19.8. The number of aliphatic hydroxyl groups is 3. The van der Waals surface area contributed by atoms with Gasteiger partial charge in [0.1, 0.15) is 6.10 Å². The minimum Gasteiger partial charge on any atom is -0.466 e. The lowest BCUT2D eigenvalue weighted by molar-refractivity contribution is -0.327. The number of aliphatic hydroxyl groups excluding tert-OH is 2. The van der Waals surface area contributed by atoms with Gasteiger partial charge in [0.15, 0.2) is 12.4 Å². The second-order valence-corrected chi connectivity index (χ2v) is 15.4. The number of cyclic esters (lactones) is 1. The molecule has 0 amide bonds. The molecule has 3 N–H and O–H groups in total. The van der Waals surface area contributed by atoms with Gasteiger partial charge in [-0.05, 0) is 63.5 Å². The number of hydrogen-bond acceptors (Lipinski definition) is 13. The van der Waals surface area contributed by atoms with E-state index in [9.17, 15) is 29.7 Å². The Morgan fingerprint density at radius 1 is 1.00 bits per heavy atom. The molecule has 4 heterocycles. The van der Waals surface area contributed by atoms with Crippen LogP contribution >= 0.6 is 0 Å². The molecule has 0 saturated carbocycles. The smallest absolute Gasteiger partial charge is 0.330 e. The molecular weight excluding hydrogens is 676 g/mol. The first-order chi connectivity index (χ1) is 24.7. The van der Waals surface area contributed by atoms with Crippen molar-refractivity contribution >= 4 is 17.9 Å². The van der Waals surface area contributed by atoms with E-state index in [1.807, 2.05) is 0 Å². The molecule has 6 bridgehead atoms. The second-order valence-electron chi connectivity index (χ2n) is 15.4. The van der Waals surface area contributed by atoms with Crippen molar-refractivity contribution in [2.75, 3.05) is 13.7 Å². The highest BCUT2D eigenvalue weighted by atomic mass is 16.7. The van der Waals surface area contributed by atoms with E-state index in [4.69, 9.17) is 33.2 Å². The van der Waals surface area contributed by atoms with Gasteiger partial charge < -0.3 is 48.5 Å². The molecule has 10 atom stereocenters. The van der Waals surface area contributed by atoms with Crippen LogP contribution in [0.15, 0.2) is 23.8 Å². The van der Waals surface area contributed by atoms with Crippen molar-refractivity contribution in [2.24, 2.45) is 5.41 Å². The van der Waals surface area contributed by atoms with Gasteiger partial charge in [-0.1, -0.05) is 52.5 Å². The number of ether oxygens (including phenoxy) is 7. The maximum Gasteiger partial charge on any atom is 0.330 e. The van der Waals surface area contributed by atoms with Crippen LogP contribution in [0.3, 0.4) is 0 Å². The number of fused-ring (bicyclic) bond motifs is 6. The Morgan fingerprint density at radius 2 is 1.71 bits per heavy atom. The zero-order valence-corrected chi connectivity index (χ0v) is 31.7. The molecule has 4 aliphatic heterocycles. The van der Waals surface area contributed by atoms with Gasteiger partial charge in [0.25, 0.3) is 0 Å². The van der Waals surface area contributed by atoms with Crippen LogP contribution < -0.4 is 0 Å². The van der Waals surface area contributed by atoms with E-state index in [0.29, 0.717) is 25.9 Å². The summed E-state index contributed by atoms with van der Waals surface area (Å²) in [5.41, 5.74) is -1.05. The highest BCUT2D eigenvalue weighted by Gasteiger charge is 2.57. The molecule has 0 unspecified atom stereocenters. The molecule has 4 aliphatic rings. The normalized spacial score (nSPS) is 36.5. The zero-order valence-electron chi connectivity index (χ0n) is 31.7. The van der Waals surface area contributed by atoms with E-state index in [-0.39, 0.29) is 56.0 Å². The predicted molar refractivity (Wildman–Crippen MR) is 188 cm³/mol. The maximum absolute atomic E-state index is 13.3. The fraction of sp³-hybridized carbons (Fsp3) is 0.821. The van der Waals surface area contributed by atoms with E-state index >= 15 is 0 Å². The third kappa shape index (κ3) is 12.1. The molecule has 0 radical (unpaired) electrons. The van der Waals surface area contributed by atoms with Crippen LogP contribution in [0, 0.1) is 5.41 Å². The van der Waals surface area contributed by atoms with Gasteiger partial charge in [0.2, 0.25) is 5.79 Å². The van der Waals surface area contributed by atoms with Gasteiger partial charge in [-0.3, -0.25) is 9.59 Å². The Labute approximate surface area is 308 Å². The minimum atomic E-state index is -2.26. The summed E-state index contributed by atoms with van der Waals surface area (Å²) in [4.78, 5) is 39.1. The molecule has 296 valence electrons. The zero-order chi connectivity index (χ0) is 37.9. The van der Waals surface area contributed by atoms with Crippen molar-refractivity contribution in [3.8, 4) is 0 Å². The van der Waals surface area contributed by atoms with Crippen LogP contribution in [0.1, 0.15) is 124 Å². The van der Waals surface area contributed by atoms with Gasteiger partial charge >= 0.3 is 17.9 Å². The Kier molecular flexibility index (Phi) is 16.1. The van der Waals surface area contributed by atoms with Crippen LogP contribution in [-0.4, -0.2) is 108 Å². The lowest BCUT2D eigenvalue weighted by Gasteiger charge is -2.51. The number of carbonyl (C=O) groups excluding carboxylic acids is 3. The standard InChI is InChI=1S/C39H62O13/c1-6-7-8-9-10-14-33(42)51-37-26(20-34(43)46-5)19-31-24-32(25(2)40)50-35(44)22-27(41)21-28-12-11-13-29(48-28)23-30-16-18-47-36(49-30)15-17-38(3,4)39(37,45)52-31/h15,17,20,25,27-32,36-37,40-41,45H,6-14,16,18-19,21-24H2,1-5H3/b17-15-,26-20+/t25-,27-,28+,29-,30+,31+,32-,36+,37+,39-/m1/s1. The van der Waals surface area contributed by atoms with Crippen molar-refractivity contribution in [3.63, 3.8) is 0 Å². The first-order valence-electron chi connectivity index (χ1n) is 19.3. The van der Waals surface area contributed by atoms with Crippen LogP contribution in [0.5, 0.6) is 0 Å². The molecule has 13 nitrogen and oxygen atoms in total. The van der Waals surface area contributed by atoms with Gasteiger partial charge in [0, 0.05) is 30.8 Å². The third-order valence-corrected chi connectivity index (χ3v) is 10.6. The van der Waals surface area contributed by atoms with Crippen LogP contribution in [0.25, 0.3) is 0 Å². The molecule has 0 aromatic carbocycles. The highest BCUT2D eigenvalue weighted by molar-refractivity contribution is 5.83. The van der Waals surface area contributed by atoms with Gasteiger partial charge in [0.05, 0.1) is 56.8 Å². The summed E-state index contributed by atoms with van der Waals surface area (Å²) in [5, 5.41) is 34.3. The lowest BCUT2D eigenvalue weighted by atomic mass is 9.74. The molecule has 0 aromatic rings. The van der Waals surface area contributed by atoms with E-state index < -0.39 is 65.9 Å². The fourth-order valence-corrected chi connectivity index (χ4v) is 7.51. The summed E-state index contributed by atoms with van der Waals surface area (Å²) >= 11 is 0. The number of carbonyl (C=O) groups is 3. The average Bonchev–Trinajstić information content (AvgIpc) is 3.08. The molecular formula is C39H62O13. The molecule has 0 aliphatic carbocycles. The molecule has 3 fully saturated rings. The van der Waals surface area contributed by atoms with Crippen LogP contribution in [-0.2, 0) is 47.5 Å². The number of methoxy groups -OCH3 is 1. The summed E-state index contributed by atoms with van der Waals surface area (Å²) in [6.45, 7) is 7.45. The van der Waals surface area contributed by atoms with E-state index in [0.717, 1.165) is 44.9 Å². The Morgan fingerprint density at radius 3 is 2.42 bits per heavy atom. The summed E-state index contributed by atoms with van der Waals surface area (Å²) in [5.74, 6) is -4.23. The van der Waals surface area contributed by atoms with Gasteiger partial charge in [-0.25, -0.2) is 4.79 Å². The number of esters is 3. The number of rotatable bonds is 9. The average molecular weight is 739 g/mol. The third-order valence-electron chi connectivity index (χ3n) is 10.6. The van der Waals surface area contributed by atoms with Crippen molar-refractivity contribution in [1.82, 2.24) is 0 Å². The highest BCUT2D eigenvalue weighted by Crippen LogP contribution is 2.47. The van der Waals surface area contributed by atoms with E-state index in [1.54, 1.807) is 26.0 Å². The molecule has 0 spiro atoms. The first-order valence-corrected chi connectivity index (χ1v) is 19.3. The lowest BCUT2D eigenvalue weighted by Crippen LogP contribution is -2.62. The molecule has 0 aromatic heterocycles. The predicted octanol–water partition coefficient (Wildman–Crippen LogP) is 4.71. The molecule has 52 heavy (non-hydrogen) atoms. The Hall–Kier alpha value is -2.39. The van der Waals surface area contributed by atoms with Gasteiger partial charge in [-0.2, -0.15) is 0 Å². The first kappa shape index (κ1) is 42.4. The fourth-order valence-electron chi connectivity index (χ4n) is 7.51.